The molecule has 2 heterocycles. The smallest absolute Gasteiger partial charge is 0.342 e. The first-order chi connectivity index (χ1) is 11.6. The standard InChI is InChI=1S/C17H25NO6S/c1-5-11(2)18(14-6-7-25(21,22)10-14)16(19)9-23-17(20)15-8-12(3)24-13(15)4/h8,11,14H,5-7,9-10H2,1-4H3/t11-,14+/m1/s1. The molecule has 8 heteroatoms. The van der Waals surface area contributed by atoms with Crippen molar-refractivity contribution in [3.05, 3.63) is 23.2 Å². The normalized spacial score (nSPS) is 20.2. The van der Waals surface area contributed by atoms with E-state index in [2.05, 4.69) is 0 Å². The van der Waals surface area contributed by atoms with Crippen molar-refractivity contribution in [1.82, 2.24) is 4.90 Å². The van der Waals surface area contributed by atoms with Crippen molar-refractivity contribution < 1.29 is 27.2 Å². The zero-order chi connectivity index (χ0) is 18.8. The number of rotatable bonds is 6. The predicted octanol–water partition coefficient (Wildman–Crippen LogP) is 1.87. The van der Waals surface area contributed by atoms with Crippen molar-refractivity contribution in [1.29, 1.82) is 0 Å². The van der Waals surface area contributed by atoms with Crippen molar-refractivity contribution in [3.8, 4) is 0 Å². The third-order valence-electron chi connectivity index (χ3n) is 4.54. The Morgan fingerprint density at radius 2 is 2.08 bits per heavy atom. The summed E-state index contributed by atoms with van der Waals surface area (Å²) in [6.45, 7) is 6.76. The second-order valence-corrected chi connectivity index (χ2v) is 8.75. The van der Waals surface area contributed by atoms with E-state index in [1.807, 2.05) is 13.8 Å². The first-order valence-corrected chi connectivity index (χ1v) is 10.2. The Hall–Kier alpha value is -1.83. The van der Waals surface area contributed by atoms with Crippen molar-refractivity contribution in [2.24, 2.45) is 0 Å². The van der Waals surface area contributed by atoms with Gasteiger partial charge in [0.25, 0.3) is 5.91 Å². The number of nitrogens with zero attached hydrogens (tertiary/aromatic N) is 1. The van der Waals surface area contributed by atoms with E-state index >= 15 is 0 Å². The van der Waals surface area contributed by atoms with Gasteiger partial charge in [0.2, 0.25) is 0 Å². The highest BCUT2D eigenvalue weighted by atomic mass is 32.2. The van der Waals surface area contributed by atoms with Crippen LogP contribution in [-0.4, -0.2) is 55.4 Å². The average molecular weight is 371 g/mol. The number of hydrogen-bond acceptors (Lipinski definition) is 6. The van der Waals surface area contributed by atoms with Gasteiger partial charge in [0.15, 0.2) is 16.4 Å². The van der Waals surface area contributed by atoms with Gasteiger partial charge in [-0.25, -0.2) is 13.2 Å². The number of ether oxygens (including phenoxy) is 1. The zero-order valence-corrected chi connectivity index (χ0v) is 15.9. The molecule has 1 aliphatic rings. The number of furan rings is 1. The molecule has 1 fully saturated rings. The van der Waals surface area contributed by atoms with Crippen molar-refractivity contribution in [2.75, 3.05) is 18.1 Å². The number of carbonyl (C=O) groups excluding carboxylic acids is 2. The molecule has 1 aromatic heterocycles. The van der Waals surface area contributed by atoms with E-state index in [-0.39, 0.29) is 29.5 Å². The summed E-state index contributed by atoms with van der Waals surface area (Å²) in [4.78, 5) is 26.3. The van der Waals surface area contributed by atoms with E-state index in [4.69, 9.17) is 9.15 Å². The minimum absolute atomic E-state index is 0.0307. The lowest BCUT2D eigenvalue weighted by atomic mass is 10.1. The number of hydrogen-bond donors (Lipinski definition) is 0. The van der Waals surface area contributed by atoms with Crippen LogP contribution in [0, 0.1) is 13.8 Å². The molecule has 0 bridgehead atoms. The average Bonchev–Trinajstić information content (AvgIpc) is 3.06. The third kappa shape index (κ3) is 4.62. The first kappa shape index (κ1) is 19.5. The molecule has 1 saturated heterocycles. The molecule has 0 unspecified atom stereocenters. The summed E-state index contributed by atoms with van der Waals surface area (Å²) in [5.74, 6) is 0.0969. The van der Waals surface area contributed by atoms with Crippen LogP contribution in [0.5, 0.6) is 0 Å². The van der Waals surface area contributed by atoms with Crippen LogP contribution in [0.1, 0.15) is 48.6 Å². The van der Waals surface area contributed by atoms with Crippen molar-refractivity contribution in [3.63, 3.8) is 0 Å². The minimum Gasteiger partial charge on any atom is -0.466 e. The Labute approximate surface area is 148 Å². The molecule has 1 amide bonds. The Kier molecular flexibility index (Phi) is 5.92. The topological polar surface area (TPSA) is 93.9 Å². The van der Waals surface area contributed by atoms with Gasteiger partial charge in [-0.3, -0.25) is 4.79 Å². The van der Waals surface area contributed by atoms with E-state index in [1.54, 1.807) is 24.8 Å². The maximum absolute atomic E-state index is 12.6. The molecule has 0 N–H and O–H groups in total. The van der Waals surface area contributed by atoms with E-state index in [9.17, 15) is 18.0 Å². The Balaban J connectivity index is 2.05. The molecule has 0 radical (unpaired) electrons. The monoisotopic (exact) mass is 371 g/mol. The number of esters is 1. The quantitative estimate of drug-likeness (QED) is 0.709. The van der Waals surface area contributed by atoms with Crippen LogP contribution in [0.4, 0.5) is 0 Å². The summed E-state index contributed by atoms with van der Waals surface area (Å²) >= 11 is 0. The van der Waals surface area contributed by atoms with Gasteiger partial charge in [0.1, 0.15) is 17.1 Å². The van der Waals surface area contributed by atoms with Crippen molar-refractivity contribution >= 4 is 21.7 Å². The van der Waals surface area contributed by atoms with Gasteiger partial charge < -0.3 is 14.1 Å². The Morgan fingerprint density at radius 1 is 1.40 bits per heavy atom. The second kappa shape index (κ2) is 7.59. The maximum atomic E-state index is 12.6. The van der Waals surface area contributed by atoms with E-state index in [0.29, 0.717) is 29.9 Å². The maximum Gasteiger partial charge on any atom is 0.342 e. The summed E-state index contributed by atoms with van der Waals surface area (Å²) in [5.41, 5.74) is 0.295. The largest absolute Gasteiger partial charge is 0.466 e. The van der Waals surface area contributed by atoms with Gasteiger partial charge in [0.05, 0.1) is 11.5 Å². The molecule has 0 aromatic carbocycles. The fourth-order valence-corrected chi connectivity index (χ4v) is 4.83. The molecule has 7 nitrogen and oxygen atoms in total. The van der Waals surface area contributed by atoms with Crippen LogP contribution in [0.3, 0.4) is 0 Å². The molecule has 0 saturated carbocycles. The number of amides is 1. The molecule has 0 aliphatic carbocycles. The van der Waals surface area contributed by atoms with Crippen LogP contribution in [0.2, 0.25) is 0 Å². The van der Waals surface area contributed by atoms with Gasteiger partial charge in [0, 0.05) is 12.1 Å². The predicted molar refractivity (Wildman–Crippen MR) is 92.1 cm³/mol. The van der Waals surface area contributed by atoms with Gasteiger partial charge >= 0.3 is 5.97 Å². The van der Waals surface area contributed by atoms with Crippen LogP contribution in [0.25, 0.3) is 0 Å². The molecule has 0 spiro atoms. The lowest BCUT2D eigenvalue weighted by Gasteiger charge is -2.33. The molecule has 2 atom stereocenters. The number of sulfone groups is 1. The summed E-state index contributed by atoms with van der Waals surface area (Å²) in [7, 11) is -3.11. The van der Waals surface area contributed by atoms with E-state index in [0.717, 1.165) is 0 Å². The molecule has 1 aliphatic heterocycles. The highest BCUT2D eigenvalue weighted by molar-refractivity contribution is 7.91. The molecular formula is C17H25NO6S. The van der Waals surface area contributed by atoms with E-state index < -0.39 is 22.4 Å². The molecule has 2 rings (SSSR count). The molecule has 1 aromatic rings. The minimum atomic E-state index is -3.11. The van der Waals surface area contributed by atoms with Crippen LogP contribution >= 0.6 is 0 Å². The molecule has 140 valence electrons. The molecular weight excluding hydrogens is 346 g/mol. The lowest BCUT2D eigenvalue weighted by Crippen LogP contribution is -2.48. The summed E-state index contributed by atoms with van der Waals surface area (Å²) in [6, 6.07) is 1.09. The highest BCUT2D eigenvalue weighted by Crippen LogP contribution is 2.22. The number of carbonyl (C=O) groups is 2. The van der Waals surface area contributed by atoms with E-state index in [1.165, 1.54) is 0 Å². The third-order valence-corrected chi connectivity index (χ3v) is 6.29. The Morgan fingerprint density at radius 3 is 2.56 bits per heavy atom. The van der Waals surface area contributed by atoms with Gasteiger partial charge in [-0.1, -0.05) is 6.92 Å². The summed E-state index contributed by atoms with van der Waals surface area (Å²) in [6.07, 6.45) is 1.11. The van der Waals surface area contributed by atoms with Gasteiger partial charge in [-0.2, -0.15) is 0 Å². The fourth-order valence-electron chi connectivity index (χ4n) is 3.11. The highest BCUT2D eigenvalue weighted by Gasteiger charge is 2.36. The summed E-state index contributed by atoms with van der Waals surface area (Å²) in [5, 5.41) is 0. The molecule has 25 heavy (non-hydrogen) atoms. The number of aryl methyl sites for hydroxylation is 2. The second-order valence-electron chi connectivity index (χ2n) is 6.52. The summed E-state index contributed by atoms with van der Waals surface area (Å²) < 4.78 is 33.9. The van der Waals surface area contributed by atoms with Crippen LogP contribution in [0.15, 0.2) is 10.5 Å². The Bertz CT molecular complexity index is 751. The SMILES string of the molecule is CC[C@@H](C)N(C(=O)COC(=O)c1cc(C)oc1C)[C@H]1CCS(=O)(=O)C1. The van der Waals surface area contributed by atoms with Crippen LogP contribution < -0.4 is 0 Å². The lowest BCUT2D eigenvalue weighted by molar-refractivity contribution is -0.138. The van der Waals surface area contributed by atoms with Gasteiger partial charge in [-0.15, -0.1) is 0 Å². The van der Waals surface area contributed by atoms with Gasteiger partial charge in [-0.05, 0) is 39.7 Å². The zero-order valence-electron chi connectivity index (χ0n) is 15.1. The fraction of sp³-hybridized carbons (Fsp3) is 0.647. The van der Waals surface area contributed by atoms with Crippen molar-refractivity contribution in [2.45, 2.75) is 52.6 Å². The van der Waals surface area contributed by atoms with Crippen LogP contribution in [-0.2, 0) is 19.4 Å². The first-order valence-electron chi connectivity index (χ1n) is 8.40.